The van der Waals surface area contributed by atoms with Gasteiger partial charge >= 0.3 is 0 Å². The van der Waals surface area contributed by atoms with Gasteiger partial charge in [0.25, 0.3) is 0 Å². The van der Waals surface area contributed by atoms with Gasteiger partial charge < -0.3 is 0 Å². The van der Waals surface area contributed by atoms with E-state index in [4.69, 9.17) is 16.6 Å². The van der Waals surface area contributed by atoms with Crippen LogP contribution in [0.25, 0.3) is 0 Å². The summed E-state index contributed by atoms with van der Waals surface area (Å²) in [5.74, 6) is 1.55. The average Bonchev–Trinajstić information content (AvgIpc) is 2.51. The molecule has 2 aliphatic rings. The van der Waals surface area contributed by atoms with Crippen molar-refractivity contribution in [2.75, 3.05) is 5.75 Å². The summed E-state index contributed by atoms with van der Waals surface area (Å²) in [5.41, 5.74) is 5.28. The van der Waals surface area contributed by atoms with Crippen molar-refractivity contribution in [3.8, 4) is 0 Å². The van der Waals surface area contributed by atoms with Gasteiger partial charge in [-0.25, -0.2) is 0 Å². The molecule has 2 atom stereocenters. The minimum atomic E-state index is 0.459. The third-order valence-corrected chi connectivity index (χ3v) is 5.30. The van der Waals surface area contributed by atoms with Crippen molar-refractivity contribution in [1.29, 1.82) is 0 Å². The molecule has 5 heteroatoms. The van der Waals surface area contributed by atoms with Crippen LogP contribution in [0.1, 0.15) is 38.2 Å². The number of aliphatic imine (C=N–C) groups is 1. The van der Waals surface area contributed by atoms with Crippen molar-refractivity contribution in [2.24, 2.45) is 16.0 Å². The third-order valence-electron chi connectivity index (χ3n) is 4.16. The van der Waals surface area contributed by atoms with Crippen LogP contribution in [0.4, 0.5) is 0 Å². The van der Waals surface area contributed by atoms with Crippen molar-refractivity contribution in [3.05, 3.63) is 34.9 Å². The fourth-order valence-corrected chi connectivity index (χ4v) is 3.76. The SMILES string of the molecule is CC1CCCCC1N=C1NN=C(c2ccc(Cl)cc2)CS1. The first-order valence-electron chi connectivity index (χ1n) is 7.51. The monoisotopic (exact) mass is 321 g/mol. The Balaban J connectivity index is 1.67. The molecule has 1 aliphatic heterocycles. The fourth-order valence-electron chi connectivity index (χ4n) is 2.81. The van der Waals surface area contributed by atoms with Gasteiger partial charge in [0.1, 0.15) is 0 Å². The number of hydrazone groups is 1. The van der Waals surface area contributed by atoms with Crippen LogP contribution < -0.4 is 5.43 Å². The standard InChI is InChI=1S/C16H20ClN3S/c1-11-4-2-3-5-14(11)18-16-20-19-15(10-21-16)12-6-8-13(17)9-7-12/h6-9,11,14H,2-5,10H2,1H3,(H,18,20). The van der Waals surface area contributed by atoms with Crippen molar-refractivity contribution in [2.45, 2.75) is 38.6 Å². The summed E-state index contributed by atoms with van der Waals surface area (Å²) in [6.07, 6.45) is 5.16. The highest BCUT2D eigenvalue weighted by Gasteiger charge is 2.22. The Morgan fingerprint density at radius 3 is 2.67 bits per heavy atom. The molecule has 0 saturated heterocycles. The third kappa shape index (κ3) is 3.80. The number of amidine groups is 1. The van der Waals surface area contributed by atoms with Crippen LogP contribution in [-0.4, -0.2) is 22.7 Å². The second kappa shape index (κ2) is 6.84. The lowest BCUT2D eigenvalue weighted by molar-refractivity contribution is 0.333. The van der Waals surface area contributed by atoms with Crippen LogP contribution in [0, 0.1) is 5.92 Å². The van der Waals surface area contributed by atoms with E-state index in [2.05, 4.69) is 17.5 Å². The van der Waals surface area contributed by atoms with Crippen LogP contribution in [0.3, 0.4) is 0 Å². The molecule has 1 heterocycles. The van der Waals surface area contributed by atoms with Gasteiger partial charge in [0.05, 0.1) is 11.8 Å². The first kappa shape index (κ1) is 14.9. The number of hydrogen-bond donors (Lipinski definition) is 1. The average molecular weight is 322 g/mol. The van der Waals surface area contributed by atoms with E-state index in [1.54, 1.807) is 11.8 Å². The molecular weight excluding hydrogens is 302 g/mol. The summed E-state index contributed by atoms with van der Waals surface area (Å²) in [6, 6.07) is 8.28. The van der Waals surface area contributed by atoms with E-state index in [0.29, 0.717) is 12.0 Å². The Morgan fingerprint density at radius 1 is 1.24 bits per heavy atom. The number of hydrogen-bond acceptors (Lipinski definition) is 3. The highest BCUT2D eigenvalue weighted by molar-refractivity contribution is 8.14. The van der Waals surface area contributed by atoms with Crippen molar-refractivity contribution < 1.29 is 0 Å². The van der Waals surface area contributed by atoms with Gasteiger partial charge in [0.2, 0.25) is 0 Å². The number of thioether (sulfide) groups is 1. The zero-order valence-corrected chi connectivity index (χ0v) is 13.8. The van der Waals surface area contributed by atoms with Crippen LogP contribution >= 0.6 is 23.4 Å². The van der Waals surface area contributed by atoms with E-state index in [9.17, 15) is 0 Å². The largest absolute Gasteiger partial charge is 0.258 e. The number of nitrogens with one attached hydrogen (secondary N) is 1. The van der Waals surface area contributed by atoms with Crippen molar-refractivity contribution in [3.63, 3.8) is 0 Å². The summed E-state index contributed by atoms with van der Waals surface area (Å²) in [4.78, 5) is 4.86. The first-order valence-corrected chi connectivity index (χ1v) is 8.88. The Hall–Kier alpha value is -1.000. The Bertz CT molecular complexity index is 553. The smallest absolute Gasteiger partial charge is 0.177 e. The van der Waals surface area contributed by atoms with Gasteiger partial charge in [0.15, 0.2) is 5.17 Å². The number of halogens is 1. The predicted octanol–water partition coefficient (Wildman–Crippen LogP) is 4.32. The maximum Gasteiger partial charge on any atom is 0.177 e. The summed E-state index contributed by atoms with van der Waals surface area (Å²) >= 11 is 7.66. The molecule has 3 nitrogen and oxygen atoms in total. The van der Waals surface area contributed by atoms with Crippen LogP contribution in [-0.2, 0) is 0 Å². The first-order chi connectivity index (χ1) is 10.2. The van der Waals surface area contributed by atoms with E-state index in [1.807, 2.05) is 24.3 Å². The Morgan fingerprint density at radius 2 is 2.00 bits per heavy atom. The van der Waals surface area contributed by atoms with Crippen LogP contribution in [0.2, 0.25) is 5.02 Å². The molecule has 1 saturated carbocycles. The topological polar surface area (TPSA) is 36.8 Å². The van der Waals surface area contributed by atoms with Gasteiger partial charge in [0, 0.05) is 10.8 Å². The lowest BCUT2D eigenvalue weighted by atomic mass is 9.86. The number of benzene rings is 1. The molecule has 1 aromatic carbocycles. The molecule has 1 aliphatic carbocycles. The van der Waals surface area contributed by atoms with Crippen molar-refractivity contribution >= 4 is 34.2 Å². The second-order valence-corrected chi connectivity index (χ2v) is 7.13. The fraction of sp³-hybridized carbons (Fsp3) is 0.500. The maximum atomic E-state index is 5.92. The van der Waals surface area contributed by atoms with E-state index in [-0.39, 0.29) is 0 Å². The quantitative estimate of drug-likeness (QED) is 0.881. The Kier molecular flexibility index (Phi) is 4.86. The summed E-state index contributed by atoms with van der Waals surface area (Å²) < 4.78 is 0. The van der Waals surface area contributed by atoms with Crippen LogP contribution in [0.5, 0.6) is 0 Å². The molecule has 0 radical (unpaired) electrons. The Labute approximate surface area is 135 Å². The molecule has 0 bridgehead atoms. The molecule has 112 valence electrons. The minimum absolute atomic E-state index is 0.459. The highest BCUT2D eigenvalue weighted by Crippen LogP contribution is 2.27. The minimum Gasteiger partial charge on any atom is -0.258 e. The molecule has 1 aromatic rings. The van der Waals surface area contributed by atoms with Gasteiger partial charge in [-0.05, 0) is 36.5 Å². The molecule has 0 amide bonds. The summed E-state index contributed by atoms with van der Waals surface area (Å²) in [7, 11) is 0. The van der Waals surface area contributed by atoms with Crippen molar-refractivity contribution in [1.82, 2.24) is 5.43 Å². The van der Waals surface area contributed by atoms with E-state index in [1.165, 1.54) is 25.7 Å². The molecule has 21 heavy (non-hydrogen) atoms. The van der Waals surface area contributed by atoms with E-state index >= 15 is 0 Å². The zero-order chi connectivity index (χ0) is 14.7. The maximum absolute atomic E-state index is 5.92. The lowest BCUT2D eigenvalue weighted by Crippen LogP contribution is -2.29. The second-order valence-electron chi connectivity index (χ2n) is 5.73. The normalized spacial score (nSPS) is 28.1. The van der Waals surface area contributed by atoms with Crippen LogP contribution in [0.15, 0.2) is 34.4 Å². The molecule has 1 fully saturated rings. The predicted molar refractivity (Wildman–Crippen MR) is 92.4 cm³/mol. The van der Waals surface area contributed by atoms with Gasteiger partial charge in [-0.3, -0.25) is 10.4 Å². The number of rotatable bonds is 2. The molecule has 0 spiro atoms. The number of nitrogens with zero attached hydrogens (tertiary/aromatic N) is 2. The molecule has 2 unspecified atom stereocenters. The summed E-state index contributed by atoms with van der Waals surface area (Å²) in [6.45, 7) is 2.31. The van der Waals surface area contributed by atoms with E-state index in [0.717, 1.165) is 27.2 Å². The molecule has 1 N–H and O–H groups in total. The van der Waals surface area contributed by atoms with Gasteiger partial charge in [-0.15, -0.1) is 0 Å². The molecule has 3 rings (SSSR count). The lowest BCUT2D eigenvalue weighted by Gasteiger charge is -2.26. The van der Waals surface area contributed by atoms with Gasteiger partial charge in [-0.2, -0.15) is 5.10 Å². The van der Waals surface area contributed by atoms with Gasteiger partial charge in [-0.1, -0.05) is 55.3 Å². The molecular formula is C16H20ClN3S. The highest BCUT2D eigenvalue weighted by atomic mass is 35.5. The molecule has 0 aromatic heterocycles. The van der Waals surface area contributed by atoms with E-state index < -0.39 is 0 Å². The summed E-state index contributed by atoms with van der Waals surface area (Å²) in [5, 5.41) is 6.19. The zero-order valence-electron chi connectivity index (χ0n) is 12.2.